The van der Waals surface area contributed by atoms with E-state index in [4.69, 9.17) is 0 Å². The van der Waals surface area contributed by atoms with E-state index in [9.17, 15) is 22.4 Å². The minimum atomic E-state index is -3.80. The summed E-state index contributed by atoms with van der Waals surface area (Å²) in [6.07, 6.45) is 1.81. The fraction of sp³-hybridized carbons (Fsp3) is 0.417. The molecule has 9 heteroatoms. The van der Waals surface area contributed by atoms with E-state index in [1.54, 1.807) is 44.2 Å². The number of rotatable bonds is 10. The van der Waals surface area contributed by atoms with Crippen molar-refractivity contribution in [2.45, 2.75) is 52.7 Å². The van der Waals surface area contributed by atoms with Gasteiger partial charge in [-0.2, -0.15) is 0 Å². The van der Waals surface area contributed by atoms with E-state index in [-0.39, 0.29) is 18.2 Å². The monoisotopic (exact) mass is 477 g/mol. The minimum absolute atomic E-state index is 0.157. The van der Waals surface area contributed by atoms with Crippen LogP contribution in [0.5, 0.6) is 0 Å². The lowest BCUT2D eigenvalue weighted by atomic mass is 10.1. The van der Waals surface area contributed by atoms with E-state index in [1.807, 2.05) is 6.92 Å². The highest BCUT2D eigenvalue weighted by atomic mass is 32.2. The van der Waals surface area contributed by atoms with Crippen molar-refractivity contribution in [2.75, 3.05) is 17.1 Å². The largest absolute Gasteiger partial charge is 0.352 e. The van der Waals surface area contributed by atoms with Crippen molar-refractivity contribution < 1.29 is 22.4 Å². The van der Waals surface area contributed by atoms with Crippen molar-refractivity contribution in [3.8, 4) is 0 Å². The van der Waals surface area contributed by atoms with Gasteiger partial charge in [-0.05, 0) is 51.0 Å². The van der Waals surface area contributed by atoms with Crippen LogP contribution < -0.4 is 9.62 Å². The molecule has 2 aromatic carbocycles. The number of hydrogen-bond donors (Lipinski definition) is 1. The molecule has 0 heterocycles. The number of sulfonamides is 1. The lowest BCUT2D eigenvalue weighted by molar-refractivity contribution is -0.139. The Labute approximate surface area is 195 Å². The van der Waals surface area contributed by atoms with Gasteiger partial charge >= 0.3 is 0 Å². The third-order valence-corrected chi connectivity index (χ3v) is 6.35. The summed E-state index contributed by atoms with van der Waals surface area (Å²) in [6, 6.07) is 11.8. The maximum atomic E-state index is 14.3. The molecule has 2 rings (SSSR count). The fourth-order valence-corrected chi connectivity index (χ4v) is 4.16. The maximum absolute atomic E-state index is 14.3. The second kappa shape index (κ2) is 11.3. The number of hydrogen-bond acceptors (Lipinski definition) is 4. The van der Waals surface area contributed by atoms with Crippen LogP contribution in [-0.4, -0.2) is 50.0 Å². The van der Waals surface area contributed by atoms with Crippen LogP contribution in [-0.2, 0) is 32.6 Å². The van der Waals surface area contributed by atoms with Crippen LogP contribution in [0.1, 0.15) is 38.8 Å². The van der Waals surface area contributed by atoms with Crippen molar-refractivity contribution in [3.05, 3.63) is 65.5 Å². The molecule has 33 heavy (non-hydrogen) atoms. The molecule has 1 atom stereocenters. The maximum Gasteiger partial charge on any atom is 0.244 e. The molecular weight excluding hydrogens is 445 g/mol. The predicted octanol–water partition coefficient (Wildman–Crippen LogP) is 3.10. The van der Waals surface area contributed by atoms with Crippen LogP contribution in [0.25, 0.3) is 0 Å². The highest BCUT2D eigenvalue weighted by Gasteiger charge is 2.30. The van der Waals surface area contributed by atoms with Gasteiger partial charge in [-0.25, -0.2) is 12.8 Å². The summed E-state index contributed by atoms with van der Waals surface area (Å²) < 4.78 is 40.4. The van der Waals surface area contributed by atoms with Gasteiger partial charge in [0, 0.05) is 18.2 Å². The summed E-state index contributed by atoms with van der Waals surface area (Å²) in [5.41, 5.74) is 1.60. The van der Waals surface area contributed by atoms with Crippen molar-refractivity contribution in [1.29, 1.82) is 0 Å². The Hall–Kier alpha value is -2.94. The molecule has 2 amide bonds. The van der Waals surface area contributed by atoms with Gasteiger partial charge in [0.2, 0.25) is 21.8 Å². The lowest BCUT2D eigenvalue weighted by Crippen LogP contribution is -2.52. The highest BCUT2D eigenvalue weighted by Crippen LogP contribution is 2.20. The number of halogens is 1. The van der Waals surface area contributed by atoms with Crippen LogP contribution in [0.2, 0.25) is 0 Å². The van der Waals surface area contributed by atoms with Crippen molar-refractivity contribution in [2.24, 2.45) is 0 Å². The molecule has 0 spiro atoms. The number of nitrogens with one attached hydrogen (secondary N) is 1. The first-order chi connectivity index (χ1) is 15.4. The fourth-order valence-electron chi connectivity index (χ4n) is 3.31. The first-order valence-corrected chi connectivity index (χ1v) is 12.7. The van der Waals surface area contributed by atoms with Crippen LogP contribution >= 0.6 is 0 Å². The zero-order chi connectivity index (χ0) is 24.8. The van der Waals surface area contributed by atoms with Crippen molar-refractivity contribution >= 4 is 27.5 Å². The van der Waals surface area contributed by atoms with Crippen LogP contribution in [0.4, 0.5) is 10.1 Å². The van der Waals surface area contributed by atoms with E-state index in [1.165, 1.54) is 30.0 Å². The molecule has 180 valence electrons. The first kappa shape index (κ1) is 26.3. The molecule has 0 radical (unpaired) electrons. The van der Waals surface area contributed by atoms with Crippen LogP contribution in [0.15, 0.2) is 48.5 Å². The van der Waals surface area contributed by atoms with Gasteiger partial charge in [-0.1, -0.05) is 37.3 Å². The molecular formula is C24H32FN3O4S. The normalized spacial score (nSPS) is 12.3. The smallest absolute Gasteiger partial charge is 0.244 e. The molecule has 0 saturated heterocycles. The Bertz CT molecular complexity index is 1070. The van der Waals surface area contributed by atoms with E-state index in [0.717, 1.165) is 22.5 Å². The Morgan fingerprint density at radius 3 is 2.15 bits per heavy atom. The van der Waals surface area contributed by atoms with Crippen molar-refractivity contribution in [1.82, 2.24) is 10.2 Å². The zero-order valence-corrected chi connectivity index (χ0v) is 20.5. The van der Waals surface area contributed by atoms with Gasteiger partial charge in [-0.15, -0.1) is 0 Å². The Kier molecular flexibility index (Phi) is 8.99. The van der Waals surface area contributed by atoms with Crippen LogP contribution in [0.3, 0.4) is 0 Å². The summed E-state index contributed by atoms with van der Waals surface area (Å²) in [6.45, 7) is 6.41. The van der Waals surface area contributed by atoms with Crippen molar-refractivity contribution in [3.63, 3.8) is 0 Å². The molecule has 0 bridgehead atoms. The number of aryl methyl sites for hydroxylation is 1. The minimum Gasteiger partial charge on any atom is -0.352 e. The topological polar surface area (TPSA) is 86.8 Å². The average Bonchev–Trinajstić information content (AvgIpc) is 2.75. The third kappa shape index (κ3) is 7.28. The zero-order valence-electron chi connectivity index (χ0n) is 19.7. The Morgan fingerprint density at radius 2 is 1.64 bits per heavy atom. The third-order valence-electron chi connectivity index (χ3n) is 5.21. The molecule has 0 aromatic heterocycles. The van der Waals surface area contributed by atoms with E-state index < -0.39 is 40.2 Å². The Morgan fingerprint density at radius 1 is 1.03 bits per heavy atom. The molecule has 1 N–H and O–H groups in total. The summed E-state index contributed by atoms with van der Waals surface area (Å²) in [7, 11) is -3.80. The number of benzene rings is 2. The molecule has 7 nitrogen and oxygen atoms in total. The Balaban J connectivity index is 2.39. The second-order valence-corrected chi connectivity index (χ2v) is 10.1. The SMILES string of the molecule is CCc1ccc(N(CC(=O)N(Cc2ccccc2F)C(C)C(=O)NC(C)C)S(C)(=O)=O)cc1. The summed E-state index contributed by atoms with van der Waals surface area (Å²) in [4.78, 5) is 27.2. The number of carbonyl (C=O) groups is 2. The van der Waals surface area contributed by atoms with Gasteiger partial charge in [0.25, 0.3) is 0 Å². The number of anilines is 1. The standard InChI is InChI=1S/C24H32FN3O4S/c1-6-19-11-13-21(14-12-19)28(33(5,31)32)16-23(29)27(18(4)24(30)26-17(2)3)15-20-9-7-8-10-22(20)25/h7-14,17-18H,6,15-16H2,1-5H3,(H,26,30). The second-order valence-electron chi connectivity index (χ2n) is 8.24. The number of amides is 2. The summed E-state index contributed by atoms with van der Waals surface area (Å²) in [5.74, 6) is -1.54. The van der Waals surface area contributed by atoms with E-state index in [2.05, 4.69) is 5.32 Å². The highest BCUT2D eigenvalue weighted by molar-refractivity contribution is 7.92. The summed E-state index contributed by atoms with van der Waals surface area (Å²) >= 11 is 0. The van der Waals surface area contributed by atoms with E-state index >= 15 is 0 Å². The van der Waals surface area contributed by atoms with Gasteiger partial charge in [0.1, 0.15) is 18.4 Å². The molecule has 0 saturated carbocycles. The first-order valence-electron chi connectivity index (χ1n) is 10.8. The number of carbonyl (C=O) groups excluding carboxylic acids is 2. The molecule has 0 fully saturated rings. The molecule has 0 aliphatic heterocycles. The average molecular weight is 478 g/mol. The van der Waals surface area contributed by atoms with Gasteiger partial charge in [-0.3, -0.25) is 13.9 Å². The lowest BCUT2D eigenvalue weighted by Gasteiger charge is -2.32. The quantitative estimate of drug-likeness (QED) is 0.570. The van der Waals surface area contributed by atoms with E-state index in [0.29, 0.717) is 5.69 Å². The molecule has 1 unspecified atom stereocenters. The van der Waals surface area contributed by atoms with Gasteiger partial charge in [0.15, 0.2) is 0 Å². The molecule has 0 aliphatic carbocycles. The van der Waals surface area contributed by atoms with Crippen LogP contribution in [0, 0.1) is 5.82 Å². The van der Waals surface area contributed by atoms with Gasteiger partial charge < -0.3 is 10.2 Å². The molecule has 2 aromatic rings. The molecule has 0 aliphatic rings. The van der Waals surface area contributed by atoms with Gasteiger partial charge in [0.05, 0.1) is 11.9 Å². The predicted molar refractivity (Wildman–Crippen MR) is 128 cm³/mol. The summed E-state index contributed by atoms with van der Waals surface area (Å²) in [5, 5.41) is 2.75. The number of nitrogens with zero attached hydrogens (tertiary/aromatic N) is 2.